The highest BCUT2D eigenvalue weighted by molar-refractivity contribution is 7.93. The van der Waals surface area contributed by atoms with Gasteiger partial charge in [0.1, 0.15) is 11.5 Å². The highest BCUT2D eigenvalue weighted by Gasteiger charge is 2.28. The van der Waals surface area contributed by atoms with Gasteiger partial charge in [0.15, 0.2) is 0 Å². The number of anilines is 2. The molecule has 10 heteroatoms. The Morgan fingerprint density at radius 1 is 0.523 bits per heavy atom. The summed E-state index contributed by atoms with van der Waals surface area (Å²) in [7, 11) is -8.00. The van der Waals surface area contributed by atoms with Gasteiger partial charge in [0.2, 0.25) is 0 Å². The van der Waals surface area contributed by atoms with E-state index >= 15 is 0 Å². The van der Waals surface area contributed by atoms with Crippen molar-refractivity contribution in [3.63, 3.8) is 0 Å². The zero-order valence-electron chi connectivity index (χ0n) is 24.8. The van der Waals surface area contributed by atoms with Gasteiger partial charge < -0.3 is 9.47 Å². The molecule has 4 aromatic rings. The Morgan fingerprint density at radius 2 is 0.886 bits per heavy atom. The van der Waals surface area contributed by atoms with Crippen LogP contribution < -0.4 is 18.1 Å². The van der Waals surface area contributed by atoms with Gasteiger partial charge in [0, 0.05) is 0 Å². The molecule has 0 spiro atoms. The molecular formula is C34H36N2O6S2. The molecule has 44 heavy (non-hydrogen) atoms. The van der Waals surface area contributed by atoms with Gasteiger partial charge in [-0.15, -0.1) is 0 Å². The van der Waals surface area contributed by atoms with Gasteiger partial charge in [0.25, 0.3) is 20.0 Å². The van der Waals surface area contributed by atoms with Crippen molar-refractivity contribution >= 4 is 31.4 Å². The van der Waals surface area contributed by atoms with E-state index in [-0.39, 0.29) is 22.9 Å². The van der Waals surface area contributed by atoms with Crippen LogP contribution in [0.4, 0.5) is 11.4 Å². The summed E-state index contributed by atoms with van der Waals surface area (Å²) >= 11 is 0. The van der Waals surface area contributed by atoms with Crippen molar-refractivity contribution in [3.05, 3.63) is 120 Å². The summed E-state index contributed by atoms with van der Waals surface area (Å²) in [6.45, 7) is 4.40. The van der Waals surface area contributed by atoms with E-state index in [1.807, 2.05) is 13.8 Å². The van der Waals surface area contributed by atoms with Crippen molar-refractivity contribution in [1.29, 1.82) is 0 Å². The largest absolute Gasteiger partial charge is 0.491 e. The second kappa shape index (κ2) is 13.6. The minimum Gasteiger partial charge on any atom is -0.491 e. The number of nitrogens with zero attached hydrogens (tertiary/aromatic N) is 2. The molecule has 5 rings (SSSR count). The van der Waals surface area contributed by atoms with E-state index in [9.17, 15) is 16.8 Å². The van der Waals surface area contributed by atoms with E-state index in [0.29, 0.717) is 48.9 Å². The molecule has 0 aromatic heterocycles. The first-order valence-corrected chi connectivity index (χ1v) is 17.3. The number of fused-ring (bicyclic) bond motifs is 2. The van der Waals surface area contributed by atoms with Gasteiger partial charge in [-0.25, -0.2) is 16.8 Å². The zero-order valence-corrected chi connectivity index (χ0v) is 26.4. The molecule has 0 atom stereocenters. The summed E-state index contributed by atoms with van der Waals surface area (Å²) in [6.07, 6.45) is 4.62. The van der Waals surface area contributed by atoms with Crippen LogP contribution >= 0.6 is 0 Å². The molecule has 0 saturated carbocycles. The molecule has 0 saturated heterocycles. The maximum atomic E-state index is 14.0. The van der Waals surface area contributed by atoms with Crippen LogP contribution in [0.25, 0.3) is 0 Å². The molecule has 0 unspecified atom stereocenters. The lowest BCUT2D eigenvalue weighted by Gasteiger charge is -2.27. The van der Waals surface area contributed by atoms with Gasteiger partial charge in [-0.1, -0.05) is 71.8 Å². The van der Waals surface area contributed by atoms with Crippen LogP contribution in [0.5, 0.6) is 11.5 Å². The van der Waals surface area contributed by atoms with Crippen LogP contribution in [0.15, 0.2) is 119 Å². The summed E-state index contributed by atoms with van der Waals surface area (Å²) in [5.74, 6) is 0.886. The van der Waals surface area contributed by atoms with Crippen LogP contribution in [0.1, 0.15) is 24.0 Å². The number of ether oxygens (including phenoxy) is 2. The normalized spacial score (nSPS) is 15.8. The topological polar surface area (TPSA) is 93.2 Å². The maximum Gasteiger partial charge on any atom is 0.264 e. The first kappa shape index (κ1) is 31.2. The second-order valence-corrected chi connectivity index (χ2v) is 14.2. The summed E-state index contributed by atoms with van der Waals surface area (Å²) in [5, 5.41) is 0. The van der Waals surface area contributed by atoms with E-state index in [0.717, 1.165) is 11.1 Å². The number of hydrogen-bond donors (Lipinski definition) is 0. The first-order chi connectivity index (χ1) is 21.2. The van der Waals surface area contributed by atoms with Crippen molar-refractivity contribution in [3.8, 4) is 11.5 Å². The molecular weight excluding hydrogens is 597 g/mol. The minimum absolute atomic E-state index is 0.0485. The molecule has 0 radical (unpaired) electrons. The monoisotopic (exact) mass is 632 g/mol. The first-order valence-electron chi connectivity index (χ1n) is 14.5. The fourth-order valence-electron chi connectivity index (χ4n) is 4.81. The number of rotatable bonds is 4. The van der Waals surface area contributed by atoms with Crippen LogP contribution in [0.3, 0.4) is 0 Å². The Morgan fingerprint density at radius 3 is 1.27 bits per heavy atom. The number of sulfonamides is 2. The molecule has 1 aliphatic rings. The molecule has 230 valence electrons. The average Bonchev–Trinajstić information content (AvgIpc) is 3.01. The Hall–Kier alpha value is -4.28. The number of benzene rings is 4. The molecule has 0 N–H and O–H groups in total. The molecule has 4 aromatic carbocycles. The van der Waals surface area contributed by atoms with E-state index in [2.05, 4.69) is 0 Å². The SMILES string of the molecule is Cc1ccc(S(=O)(=O)N2C/C=C\CN(S(=O)(=O)c3ccc(C)cc3)c3ccccc3OCCCCOc3ccccc32)cc1. The number of para-hydroxylation sites is 4. The Bertz CT molecular complexity index is 1690. The Balaban J connectivity index is 1.57. The van der Waals surface area contributed by atoms with E-state index < -0.39 is 20.0 Å². The third-order valence-corrected chi connectivity index (χ3v) is 10.8. The number of hydrogen-bond acceptors (Lipinski definition) is 6. The lowest BCUT2D eigenvalue weighted by Crippen LogP contribution is -2.33. The van der Waals surface area contributed by atoms with Crippen molar-refractivity contribution in [2.75, 3.05) is 34.9 Å². The standard InChI is InChI=1S/C34H36N2O6S2/c1-27-15-19-29(20-16-27)43(37,38)35-23-7-8-24-36(44(39,40)30-21-17-28(2)18-22-30)32-12-4-6-14-34(32)42-26-10-9-25-41-33-13-5-3-11-31(33)35/h3-8,11-22H,9-10,23-26H2,1-2H3/b8-7-. The van der Waals surface area contributed by atoms with Crippen molar-refractivity contribution in [1.82, 2.24) is 0 Å². The average molecular weight is 633 g/mol. The van der Waals surface area contributed by atoms with Crippen molar-refractivity contribution in [2.24, 2.45) is 0 Å². The van der Waals surface area contributed by atoms with Gasteiger partial charge >= 0.3 is 0 Å². The van der Waals surface area contributed by atoms with Crippen LogP contribution in [0.2, 0.25) is 0 Å². The number of aryl methyl sites for hydroxylation is 2. The predicted octanol–water partition coefficient (Wildman–Crippen LogP) is 6.50. The fraction of sp³-hybridized carbons (Fsp3) is 0.235. The molecule has 1 heterocycles. The minimum atomic E-state index is -4.00. The van der Waals surface area contributed by atoms with E-state index in [4.69, 9.17) is 9.47 Å². The zero-order chi connectivity index (χ0) is 31.2. The van der Waals surface area contributed by atoms with Crippen LogP contribution in [-0.2, 0) is 20.0 Å². The second-order valence-electron chi connectivity index (χ2n) is 10.5. The molecule has 0 aliphatic carbocycles. The summed E-state index contributed by atoms with van der Waals surface area (Å²) in [6, 6.07) is 27.5. The molecule has 8 nitrogen and oxygen atoms in total. The van der Waals surface area contributed by atoms with Crippen LogP contribution in [0, 0.1) is 13.8 Å². The molecule has 1 aliphatic heterocycles. The van der Waals surface area contributed by atoms with Gasteiger partial charge in [-0.05, 0) is 75.2 Å². The van der Waals surface area contributed by atoms with Crippen molar-refractivity contribution < 1.29 is 26.3 Å². The summed E-state index contributed by atoms with van der Waals surface area (Å²) in [5.41, 5.74) is 2.69. The summed E-state index contributed by atoms with van der Waals surface area (Å²) < 4.78 is 70.8. The molecule has 0 amide bonds. The predicted molar refractivity (Wildman–Crippen MR) is 174 cm³/mol. The highest BCUT2D eigenvalue weighted by Crippen LogP contribution is 2.35. The fourth-order valence-corrected chi connectivity index (χ4v) is 7.66. The van der Waals surface area contributed by atoms with Crippen LogP contribution in [-0.4, -0.2) is 43.1 Å². The van der Waals surface area contributed by atoms with E-state index in [1.165, 1.54) is 8.61 Å². The van der Waals surface area contributed by atoms with E-state index in [1.54, 1.807) is 109 Å². The quantitative estimate of drug-likeness (QED) is 0.239. The third kappa shape index (κ3) is 6.92. The van der Waals surface area contributed by atoms with Crippen molar-refractivity contribution in [2.45, 2.75) is 36.5 Å². The van der Waals surface area contributed by atoms with Gasteiger partial charge in [0.05, 0.1) is 47.5 Å². The van der Waals surface area contributed by atoms with Gasteiger partial charge in [-0.2, -0.15) is 0 Å². The smallest absolute Gasteiger partial charge is 0.264 e. The Labute approximate surface area is 260 Å². The lowest BCUT2D eigenvalue weighted by molar-refractivity contribution is 0.267. The molecule has 0 bridgehead atoms. The summed E-state index contributed by atoms with van der Waals surface area (Å²) in [4.78, 5) is 0.297. The highest BCUT2D eigenvalue weighted by atomic mass is 32.2. The lowest BCUT2D eigenvalue weighted by atomic mass is 10.2. The third-order valence-electron chi connectivity index (χ3n) is 7.25. The Kier molecular flexibility index (Phi) is 9.61. The molecule has 0 fully saturated rings. The van der Waals surface area contributed by atoms with Gasteiger partial charge in [-0.3, -0.25) is 8.61 Å². The maximum absolute atomic E-state index is 14.0.